The third kappa shape index (κ3) is 4.08. The minimum Gasteiger partial charge on any atom is -0.496 e. The van der Waals surface area contributed by atoms with Crippen LogP contribution in [0.25, 0.3) is 11.5 Å². The van der Waals surface area contributed by atoms with Crippen LogP contribution in [0.4, 0.5) is 0 Å². The van der Waals surface area contributed by atoms with Crippen LogP contribution in [0.1, 0.15) is 10.4 Å². The van der Waals surface area contributed by atoms with Gasteiger partial charge in [-0.2, -0.15) is 0 Å². The van der Waals surface area contributed by atoms with Crippen molar-refractivity contribution >= 4 is 33.5 Å². The molecule has 0 atom stereocenters. The van der Waals surface area contributed by atoms with Crippen molar-refractivity contribution in [1.29, 1.82) is 0 Å². The van der Waals surface area contributed by atoms with Gasteiger partial charge in [-0.05, 0) is 46.3 Å². The standard InChI is InChI=1S/C18H15BrN2O4S/c1-23-15-6-4-3-5-12(15)17-20-21-18(25-17)26-10-14(22)11-7-8-16(24-2)13(19)9-11/h3-9H,10H2,1-2H3. The number of rotatable bonds is 7. The Morgan fingerprint density at radius 2 is 1.88 bits per heavy atom. The first-order valence-electron chi connectivity index (χ1n) is 7.59. The fourth-order valence-corrected chi connectivity index (χ4v) is 3.45. The minimum atomic E-state index is -0.0459. The van der Waals surface area contributed by atoms with E-state index in [1.807, 2.05) is 24.3 Å². The molecular weight excluding hydrogens is 420 g/mol. The number of benzene rings is 2. The van der Waals surface area contributed by atoms with Gasteiger partial charge in [0.25, 0.3) is 11.1 Å². The van der Waals surface area contributed by atoms with E-state index in [0.29, 0.717) is 33.7 Å². The predicted molar refractivity (Wildman–Crippen MR) is 102 cm³/mol. The fourth-order valence-electron chi connectivity index (χ4n) is 2.25. The monoisotopic (exact) mass is 434 g/mol. The molecule has 0 bridgehead atoms. The van der Waals surface area contributed by atoms with Crippen LogP contribution in [0.2, 0.25) is 0 Å². The number of hydrogen-bond acceptors (Lipinski definition) is 7. The van der Waals surface area contributed by atoms with E-state index < -0.39 is 0 Å². The van der Waals surface area contributed by atoms with Crippen molar-refractivity contribution in [2.45, 2.75) is 5.22 Å². The van der Waals surface area contributed by atoms with Crippen LogP contribution in [-0.4, -0.2) is 36.0 Å². The Bertz CT molecular complexity index is 929. The van der Waals surface area contributed by atoms with Crippen molar-refractivity contribution in [3.8, 4) is 23.0 Å². The predicted octanol–water partition coefficient (Wildman–Crippen LogP) is 4.49. The number of thioether (sulfide) groups is 1. The van der Waals surface area contributed by atoms with Gasteiger partial charge in [0.2, 0.25) is 0 Å². The first-order chi connectivity index (χ1) is 12.6. The highest BCUT2D eigenvalue weighted by Crippen LogP contribution is 2.31. The molecule has 3 aromatic rings. The number of aromatic nitrogens is 2. The summed E-state index contributed by atoms with van der Waals surface area (Å²) in [5, 5.41) is 8.34. The van der Waals surface area contributed by atoms with Crippen LogP contribution in [-0.2, 0) is 0 Å². The average molecular weight is 435 g/mol. The van der Waals surface area contributed by atoms with Crippen LogP contribution >= 0.6 is 27.7 Å². The number of methoxy groups -OCH3 is 2. The summed E-state index contributed by atoms with van der Waals surface area (Å²) in [6.07, 6.45) is 0. The summed E-state index contributed by atoms with van der Waals surface area (Å²) < 4.78 is 16.8. The molecule has 0 aliphatic carbocycles. The summed E-state index contributed by atoms with van der Waals surface area (Å²) >= 11 is 4.57. The zero-order valence-corrected chi connectivity index (χ0v) is 16.5. The van der Waals surface area contributed by atoms with Crippen LogP contribution in [0.5, 0.6) is 11.5 Å². The maximum atomic E-state index is 12.4. The van der Waals surface area contributed by atoms with Crippen LogP contribution in [0.15, 0.2) is 56.6 Å². The fraction of sp³-hybridized carbons (Fsp3) is 0.167. The lowest BCUT2D eigenvalue weighted by atomic mass is 10.1. The summed E-state index contributed by atoms with van der Waals surface area (Å²) in [7, 11) is 3.16. The molecule has 0 spiro atoms. The van der Waals surface area contributed by atoms with Gasteiger partial charge in [-0.25, -0.2) is 0 Å². The van der Waals surface area contributed by atoms with Crippen molar-refractivity contribution in [3.63, 3.8) is 0 Å². The smallest absolute Gasteiger partial charge is 0.277 e. The highest BCUT2D eigenvalue weighted by atomic mass is 79.9. The second-order valence-electron chi connectivity index (χ2n) is 5.13. The Balaban J connectivity index is 1.68. The second-order valence-corrected chi connectivity index (χ2v) is 6.92. The molecule has 0 saturated heterocycles. The van der Waals surface area contributed by atoms with Gasteiger partial charge < -0.3 is 13.9 Å². The lowest BCUT2D eigenvalue weighted by molar-refractivity contribution is 0.102. The van der Waals surface area contributed by atoms with E-state index in [2.05, 4.69) is 26.1 Å². The van der Waals surface area contributed by atoms with E-state index in [0.717, 1.165) is 4.47 Å². The van der Waals surface area contributed by atoms with Crippen molar-refractivity contribution in [3.05, 3.63) is 52.5 Å². The van der Waals surface area contributed by atoms with E-state index in [4.69, 9.17) is 13.9 Å². The summed E-state index contributed by atoms with van der Waals surface area (Å²) in [5.41, 5.74) is 1.29. The van der Waals surface area contributed by atoms with Crippen molar-refractivity contribution in [1.82, 2.24) is 10.2 Å². The molecule has 0 unspecified atom stereocenters. The van der Waals surface area contributed by atoms with Crippen LogP contribution in [0, 0.1) is 0 Å². The molecule has 26 heavy (non-hydrogen) atoms. The summed E-state index contributed by atoms with van der Waals surface area (Å²) in [6, 6.07) is 12.6. The third-order valence-electron chi connectivity index (χ3n) is 3.54. The first kappa shape index (κ1) is 18.5. The van der Waals surface area contributed by atoms with Gasteiger partial charge in [0.05, 0.1) is 30.0 Å². The normalized spacial score (nSPS) is 10.6. The molecule has 2 aromatic carbocycles. The Morgan fingerprint density at radius 1 is 1.12 bits per heavy atom. The molecule has 0 aliphatic rings. The van der Waals surface area contributed by atoms with E-state index in [-0.39, 0.29) is 11.5 Å². The van der Waals surface area contributed by atoms with Gasteiger partial charge in [0.1, 0.15) is 11.5 Å². The summed E-state index contributed by atoms with van der Waals surface area (Å²) in [4.78, 5) is 12.4. The van der Waals surface area contributed by atoms with Gasteiger partial charge >= 0.3 is 0 Å². The molecule has 0 amide bonds. The number of hydrogen-bond donors (Lipinski definition) is 0. The quantitative estimate of drug-likeness (QED) is 0.400. The molecule has 0 N–H and O–H groups in total. The van der Waals surface area contributed by atoms with Gasteiger partial charge in [-0.1, -0.05) is 23.9 Å². The number of carbonyl (C=O) groups excluding carboxylic acids is 1. The first-order valence-corrected chi connectivity index (χ1v) is 9.36. The number of halogens is 1. The van der Waals surface area contributed by atoms with Crippen molar-refractivity contribution in [2.24, 2.45) is 0 Å². The van der Waals surface area contributed by atoms with E-state index in [1.165, 1.54) is 11.8 Å². The summed E-state index contributed by atoms with van der Waals surface area (Å²) in [6.45, 7) is 0. The Labute approximate surface area is 163 Å². The number of ether oxygens (including phenoxy) is 2. The number of para-hydroxylation sites is 1. The molecule has 3 rings (SSSR count). The second kappa shape index (κ2) is 8.37. The van der Waals surface area contributed by atoms with Gasteiger partial charge in [0.15, 0.2) is 5.78 Å². The average Bonchev–Trinajstić information content (AvgIpc) is 3.14. The SMILES string of the molecule is COc1ccc(C(=O)CSc2nnc(-c3ccccc3OC)o2)cc1Br. The molecule has 6 nitrogen and oxygen atoms in total. The molecule has 1 aromatic heterocycles. The number of nitrogens with zero attached hydrogens (tertiary/aromatic N) is 2. The Hall–Kier alpha value is -2.32. The molecule has 0 saturated carbocycles. The molecule has 1 heterocycles. The molecule has 134 valence electrons. The highest BCUT2D eigenvalue weighted by molar-refractivity contribution is 9.10. The molecule has 0 fully saturated rings. The minimum absolute atomic E-state index is 0.0459. The zero-order chi connectivity index (χ0) is 18.5. The lowest BCUT2D eigenvalue weighted by Gasteiger charge is -2.05. The number of Topliss-reactive ketones (excluding diaryl/α,β-unsaturated/α-hetero) is 1. The molecular formula is C18H15BrN2O4S. The van der Waals surface area contributed by atoms with Crippen LogP contribution in [0.3, 0.4) is 0 Å². The zero-order valence-electron chi connectivity index (χ0n) is 14.1. The van der Waals surface area contributed by atoms with E-state index in [1.54, 1.807) is 32.4 Å². The maximum absolute atomic E-state index is 12.4. The molecule has 0 aliphatic heterocycles. The summed E-state index contributed by atoms with van der Waals surface area (Å²) in [5.74, 6) is 1.81. The topological polar surface area (TPSA) is 74.5 Å². The van der Waals surface area contributed by atoms with Gasteiger partial charge in [0, 0.05) is 5.56 Å². The van der Waals surface area contributed by atoms with Crippen LogP contribution < -0.4 is 9.47 Å². The highest BCUT2D eigenvalue weighted by Gasteiger charge is 2.15. The third-order valence-corrected chi connectivity index (χ3v) is 4.98. The van der Waals surface area contributed by atoms with Crippen molar-refractivity contribution in [2.75, 3.05) is 20.0 Å². The van der Waals surface area contributed by atoms with Crippen molar-refractivity contribution < 1.29 is 18.7 Å². The van der Waals surface area contributed by atoms with E-state index >= 15 is 0 Å². The van der Waals surface area contributed by atoms with Gasteiger partial charge in [-0.3, -0.25) is 4.79 Å². The largest absolute Gasteiger partial charge is 0.496 e. The Kier molecular flexibility index (Phi) is 5.95. The molecule has 8 heteroatoms. The van der Waals surface area contributed by atoms with E-state index in [9.17, 15) is 4.79 Å². The van der Waals surface area contributed by atoms with Gasteiger partial charge in [-0.15, -0.1) is 10.2 Å². The number of carbonyl (C=O) groups is 1. The maximum Gasteiger partial charge on any atom is 0.277 e. The Morgan fingerprint density at radius 3 is 2.62 bits per heavy atom. The lowest BCUT2D eigenvalue weighted by Crippen LogP contribution is -2.02. The number of ketones is 1. The molecule has 0 radical (unpaired) electrons.